The summed E-state index contributed by atoms with van der Waals surface area (Å²) >= 11 is 5.18. The summed E-state index contributed by atoms with van der Waals surface area (Å²) in [6, 6.07) is 19.4. The molecule has 0 radical (unpaired) electrons. The molecule has 0 aliphatic carbocycles. The van der Waals surface area contributed by atoms with E-state index in [4.69, 9.17) is 12.2 Å². The third-order valence-corrected chi connectivity index (χ3v) is 4.48. The monoisotopic (exact) mass is 394 g/mol. The zero-order valence-electron chi connectivity index (χ0n) is 14.7. The van der Waals surface area contributed by atoms with Crippen molar-refractivity contribution in [2.24, 2.45) is 0 Å². The van der Waals surface area contributed by atoms with Crippen molar-refractivity contribution in [3.8, 4) is 0 Å². The first-order valence-corrected chi connectivity index (χ1v) is 9.02. The van der Waals surface area contributed by atoms with Gasteiger partial charge in [0.1, 0.15) is 11.6 Å². The van der Waals surface area contributed by atoms with E-state index in [1.54, 1.807) is 10.7 Å². The maximum absolute atomic E-state index is 13.7. The van der Waals surface area contributed by atoms with Gasteiger partial charge in [0.25, 0.3) is 0 Å². The number of hydrogen-bond acceptors (Lipinski definition) is 2. The highest BCUT2D eigenvalue weighted by atomic mass is 32.1. The Hall–Kier alpha value is -3.32. The molecule has 0 atom stereocenters. The smallest absolute Gasteiger partial charge is 0.176 e. The van der Waals surface area contributed by atoms with Gasteiger partial charge in [0.2, 0.25) is 0 Å². The number of fused-ring (bicyclic) bond motifs is 1. The second-order valence-electron chi connectivity index (χ2n) is 6.24. The van der Waals surface area contributed by atoms with Gasteiger partial charge in [-0.15, -0.1) is 0 Å². The molecule has 1 heterocycles. The van der Waals surface area contributed by atoms with E-state index in [0.717, 1.165) is 17.7 Å². The van der Waals surface area contributed by atoms with E-state index in [9.17, 15) is 8.78 Å². The van der Waals surface area contributed by atoms with Gasteiger partial charge in [0, 0.05) is 18.3 Å². The van der Waals surface area contributed by atoms with Crippen LogP contribution in [0.5, 0.6) is 0 Å². The van der Waals surface area contributed by atoms with Crippen molar-refractivity contribution in [1.82, 2.24) is 9.78 Å². The van der Waals surface area contributed by atoms with E-state index < -0.39 is 11.6 Å². The number of anilines is 2. The SMILES string of the molecule is Fc1ccc(NC(=S)Nc2ccn(Cc3cccc4ccccc34)n2)c(F)c1. The molecule has 4 rings (SSSR count). The standard InChI is InChI=1S/C21H16F2N4S/c22-16-8-9-19(18(23)12-16)24-21(28)25-20-10-11-27(26-20)13-15-6-3-5-14-4-1-2-7-17(14)15/h1-12H,13H2,(H2,24,25,26,28). The first-order valence-electron chi connectivity index (χ1n) is 8.62. The zero-order valence-corrected chi connectivity index (χ0v) is 15.5. The number of nitrogens with zero attached hydrogens (tertiary/aromatic N) is 2. The Morgan fingerprint density at radius 2 is 1.79 bits per heavy atom. The van der Waals surface area contributed by atoms with Crippen molar-refractivity contribution in [2.75, 3.05) is 10.6 Å². The average molecular weight is 394 g/mol. The van der Waals surface area contributed by atoms with Crippen LogP contribution in [-0.2, 0) is 6.54 Å². The molecular formula is C21H16F2N4S. The molecule has 3 aromatic carbocycles. The van der Waals surface area contributed by atoms with Gasteiger partial charge in [0.05, 0.1) is 12.2 Å². The highest BCUT2D eigenvalue weighted by Gasteiger charge is 2.08. The lowest BCUT2D eigenvalue weighted by Gasteiger charge is -2.10. The minimum atomic E-state index is -0.717. The van der Waals surface area contributed by atoms with E-state index in [1.165, 1.54) is 16.8 Å². The number of benzene rings is 3. The lowest BCUT2D eigenvalue weighted by Crippen LogP contribution is -2.20. The van der Waals surface area contributed by atoms with E-state index in [1.807, 2.05) is 24.4 Å². The Morgan fingerprint density at radius 3 is 2.64 bits per heavy atom. The van der Waals surface area contributed by atoms with Crippen LogP contribution in [0.3, 0.4) is 0 Å². The molecule has 2 N–H and O–H groups in total. The first kappa shape index (κ1) is 18.1. The van der Waals surface area contributed by atoms with Crippen molar-refractivity contribution in [1.29, 1.82) is 0 Å². The second kappa shape index (κ2) is 7.74. The fraction of sp³-hybridized carbons (Fsp3) is 0.0476. The summed E-state index contributed by atoms with van der Waals surface area (Å²) in [7, 11) is 0. The number of hydrogen-bond donors (Lipinski definition) is 2. The lowest BCUT2D eigenvalue weighted by atomic mass is 10.0. The molecule has 7 heteroatoms. The van der Waals surface area contributed by atoms with Crippen LogP contribution in [0.1, 0.15) is 5.56 Å². The van der Waals surface area contributed by atoms with Gasteiger partial charge in [0.15, 0.2) is 10.9 Å². The summed E-state index contributed by atoms with van der Waals surface area (Å²) in [4.78, 5) is 0. The fourth-order valence-electron chi connectivity index (χ4n) is 2.98. The van der Waals surface area contributed by atoms with Gasteiger partial charge in [-0.3, -0.25) is 4.68 Å². The number of rotatable bonds is 4. The van der Waals surface area contributed by atoms with E-state index >= 15 is 0 Å². The van der Waals surface area contributed by atoms with Gasteiger partial charge in [-0.25, -0.2) is 8.78 Å². The Labute approximate surface area is 165 Å². The summed E-state index contributed by atoms with van der Waals surface area (Å²) in [6.45, 7) is 0.607. The lowest BCUT2D eigenvalue weighted by molar-refractivity contribution is 0.586. The van der Waals surface area contributed by atoms with Gasteiger partial charge in [-0.1, -0.05) is 42.5 Å². The predicted molar refractivity (Wildman–Crippen MR) is 111 cm³/mol. The summed E-state index contributed by atoms with van der Waals surface area (Å²) in [5.74, 6) is -0.833. The van der Waals surface area contributed by atoms with Gasteiger partial charge in [-0.2, -0.15) is 5.10 Å². The van der Waals surface area contributed by atoms with Crippen molar-refractivity contribution < 1.29 is 8.78 Å². The Balaban J connectivity index is 1.45. The number of nitrogens with one attached hydrogen (secondary N) is 2. The zero-order chi connectivity index (χ0) is 19.5. The number of halogens is 2. The summed E-state index contributed by atoms with van der Waals surface area (Å²) in [5.41, 5.74) is 1.25. The van der Waals surface area contributed by atoms with Crippen molar-refractivity contribution in [2.45, 2.75) is 6.54 Å². The minimum absolute atomic E-state index is 0.0917. The fourth-order valence-corrected chi connectivity index (χ4v) is 3.20. The summed E-state index contributed by atoms with van der Waals surface area (Å²) in [5, 5.41) is 12.6. The van der Waals surface area contributed by atoms with E-state index in [2.05, 4.69) is 40.0 Å². The van der Waals surface area contributed by atoms with Crippen LogP contribution < -0.4 is 10.6 Å². The molecule has 0 unspecified atom stereocenters. The third kappa shape index (κ3) is 3.99. The van der Waals surface area contributed by atoms with E-state index in [0.29, 0.717) is 12.4 Å². The molecule has 0 spiro atoms. The van der Waals surface area contributed by atoms with Gasteiger partial charge in [-0.05, 0) is 40.7 Å². The highest BCUT2D eigenvalue weighted by Crippen LogP contribution is 2.20. The molecule has 4 aromatic rings. The molecule has 140 valence electrons. The normalized spacial score (nSPS) is 10.8. The van der Waals surface area contributed by atoms with Crippen LogP contribution in [0.15, 0.2) is 72.9 Å². The molecule has 28 heavy (non-hydrogen) atoms. The molecule has 0 aliphatic rings. The molecule has 0 bridgehead atoms. The number of aromatic nitrogens is 2. The predicted octanol–water partition coefficient (Wildman–Crippen LogP) is 5.17. The molecule has 0 saturated heterocycles. The molecule has 0 aliphatic heterocycles. The maximum Gasteiger partial charge on any atom is 0.176 e. The van der Waals surface area contributed by atoms with Crippen molar-refractivity contribution >= 4 is 39.6 Å². The summed E-state index contributed by atoms with van der Waals surface area (Å²) < 4.78 is 28.5. The van der Waals surface area contributed by atoms with Gasteiger partial charge < -0.3 is 10.6 Å². The molecule has 0 amide bonds. The Morgan fingerprint density at radius 1 is 0.964 bits per heavy atom. The Bertz CT molecular complexity index is 1150. The molecular weight excluding hydrogens is 378 g/mol. The second-order valence-corrected chi connectivity index (χ2v) is 6.65. The van der Waals surface area contributed by atoms with Crippen LogP contribution in [0, 0.1) is 11.6 Å². The van der Waals surface area contributed by atoms with E-state index in [-0.39, 0.29) is 10.8 Å². The Kier molecular flexibility index (Phi) is 4.99. The average Bonchev–Trinajstić information content (AvgIpc) is 3.11. The quantitative estimate of drug-likeness (QED) is 0.469. The van der Waals surface area contributed by atoms with Crippen LogP contribution in [0.4, 0.5) is 20.3 Å². The molecule has 0 saturated carbocycles. The minimum Gasteiger partial charge on any atom is -0.330 e. The first-order chi connectivity index (χ1) is 13.6. The van der Waals surface area contributed by atoms with Crippen LogP contribution in [0.25, 0.3) is 10.8 Å². The van der Waals surface area contributed by atoms with Crippen LogP contribution >= 0.6 is 12.2 Å². The summed E-state index contributed by atoms with van der Waals surface area (Å²) in [6.07, 6.45) is 1.84. The highest BCUT2D eigenvalue weighted by molar-refractivity contribution is 7.80. The van der Waals surface area contributed by atoms with Crippen LogP contribution in [0.2, 0.25) is 0 Å². The molecule has 0 fully saturated rings. The molecule has 1 aromatic heterocycles. The van der Waals surface area contributed by atoms with Gasteiger partial charge >= 0.3 is 0 Å². The number of thiocarbonyl (C=S) groups is 1. The topological polar surface area (TPSA) is 41.9 Å². The largest absolute Gasteiger partial charge is 0.330 e. The van der Waals surface area contributed by atoms with Crippen LogP contribution in [-0.4, -0.2) is 14.9 Å². The van der Waals surface area contributed by atoms with Crippen molar-refractivity contribution in [3.63, 3.8) is 0 Å². The molecule has 4 nitrogen and oxygen atoms in total. The third-order valence-electron chi connectivity index (χ3n) is 4.27. The van der Waals surface area contributed by atoms with Crippen molar-refractivity contribution in [3.05, 3.63) is 90.1 Å². The maximum atomic E-state index is 13.7.